The van der Waals surface area contributed by atoms with Crippen LogP contribution < -0.4 is 0 Å². The van der Waals surface area contributed by atoms with E-state index in [0.29, 0.717) is 18.8 Å². The number of amides is 2. The Morgan fingerprint density at radius 2 is 2.00 bits per heavy atom. The number of hydrogen-bond donors (Lipinski definition) is 0. The minimum Gasteiger partial charge on any atom is -0.375 e. The third-order valence-corrected chi connectivity index (χ3v) is 5.95. The van der Waals surface area contributed by atoms with E-state index >= 15 is 0 Å². The van der Waals surface area contributed by atoms with Gasteiger partial charge in [0.05, 0.1) is 23.5 Å². The maximum Gasteiger partial charge on any atom is 0.273 e. The number of hydrogen-bond acceptors (Lipinski definition) is 4. The van der Waals surface area contributed by atoms with E-state index in [-0.39, 0.29) is 36.4 Å². The van der Waals surface area contributed by atoms with Crippen molar-refractivity contribution in [2.75, 3.05) is 26.8 Å². The Morgan fingerprint density at radius 1 is 1.28 bits per heavy atom. The van der Waals surface area contributed by atoms with E-state index in [1.807, 2.05) is 42.2 Å². The van der Waals surface area contributed by atoms with Crippen LogP contribution in [0.25, 0.3) is 5.69 Å². The molecule has 2 aliphatic rings. The molecule has 0 saturated carbocycles. The zero-order valence-electron chi connectivity index (χ0n) is 17.5. The van der Waals surface area contributed by atoms with Crippen molar-refractivity contribution in [3.63, 3.8) is 0 Å². The molecule has 0 aliphatic carbocycles. The number of fused-ring (bicyclic) bond motifs is 1. The van der Waals surface area contributed by atoms with Crippen LogP contribution in [0.2, 0.25) is 0 Å². The first-order valence-corrected chi connectivity index (χ1v) is 10.2. The Labute approximate surface area is 171 Å². The maximum absolute atomic E-state index is 13.6. The van der Waals surface area contributed by atoms with Crippen molar-refractivity contribution in [2.24, 2.45) is 5.92 Å². The lowest BCUT2D eigenvalue weighted by molar-refractivity contribution is -0.134. The van der Waals surface area contributed by atoms with Crippen LogP contribution in [0.1, 0.15) is 48.1 Å². The SMILES string of the molecule is COCC(=O)N1CCC(N2C(=O)c3c(c(C)nn3-c3ccccc3)C2C(C)C)C1. The van der Waals surface area contributed by atoms with Gasteiger partial charge in [-0.1, -0.05) is 32.0 Å². The second-order valence-corrected chi connectivity index (χ2v) is 8.21. The lowest BCUT2D eigenvalue weighted by Gasteiger charge is -2.33. The average Bonchev–Trinajstić information content (AvgIpc) is 3.38. The molecule has 1 fully saturated rings. The number of para-hydroxylation sites is 1. The first-order valence-electron chi connectivity index (χ1n) is 10.2. The van der Waals surface area contributed by atoms with Crippen LogP contribution in [0.5, 0.6) is 0 Å². The average molecular weight is 396 g/mol. The zero-order chi connectivity index (χ0) is 20.7. The smallest absolute Gasteiger partial charge is 0.273 e. The van der Waals surface area contributed by atoms with E-state index in [1.54, 1.807) is 9.58 Å². The largest absolute Gasteiger partial charge is 0.375 e. The highest BCUT2D eigenvalue weighted by atomic mass is 16.5. The molecule has 154 valence electrons. The molecule has 2 unspecified atom stereocenters. The lowest BCUT2D eigenvalue weighted by Crippen LogP contribution is -2.43. The summed E-state index contributed by atoms with van der Waals surface area (Å²) < 4.78 is 6.78. The summed E-state index contributed by atoms with van der Waals surface area (Å²) in [6, 6.07) is 9.76. The summed E-state index contributed by atoms with van der Waals surface area (Å²) in [5.74, 6) is 0.233. The highest BCUT2D eigenvalue weighted by Crippen LogP contribution is 2.43. The number of methoxy groups -OCH3 is 1. The van der Waals surface area contributed by atoms with Crippen molar-refractivity contribution in [1.82, 2.24) is 19.6 Å². The van der Waals surface area contributed by atoms with Gasteiger partial charge < -0.3 is 14.5 Å². The van der Waals surface area contributed by atoms with Crippen LogP contribution in [0.3, 0.4) is 0 Å². The number of carbonyl (C=O) groups excluding carboxylic acids is 2. The van der Waals surface area contributed by atoms with Crippen molar-refractivity contribution in [1.29, 1.82) is 0 Å². The number of likely N-dealkylation sites (tertiary alicyclic amines) is 1. The molecule has 2 amide bonds. The van der Waals surface area contributed by atoms with Gasteiger partial charge in [0.25, 0.3) is 5.91 Å². The predicted octanol–water partition coefficient (Wildman–Crippen LogP) is 2.58. The van der Waals surface area contributed by atoms with Crippen LogP contribution in [-0.2, 0) is 9.53 Å². The fraction of sp³-hybridized carbons (Fsp3) is 0.500. The van der Waals surface area contributed by atoms with E-state index in [1.165, 1.54) is 7.11 Å². The Hall–Kier alpha value is -2.67. The molecule has 2 aliphatic heterocycles. The van der Waals surface area contributed by atoms with Crippen molar-refractivity contribution < 1.29 is 14.3 Å². The second kappa shape index (κ2) is 7.63. The van der Waals surface area contributed by atoms with E-state index in [2.05, 4.69) is 13.8 Å². The maximum atomic E-state index is 13.6. The summed E-state index contributed by atoms with van der Waals surface area (Å²) in [6.07, 6.45) is 0.784. The van der Waals surface area contributed by atoms with Gasteiger partial charge in [-0.15, -0.1) is 0 Å². The molecule has 2 aromatic rings. The highest BCUT2D eigenvalue weighted by Gasteiger charge is 2.48. The molecule has 29 heavy (non-hydrogen) atoms. The van der Waals surface area contributed by atoms with Crippen LogP contribution in [0, 0.1) is 12.8 Å². The molecule has 4 rings (SSSR count). The Bertz CT molecular complexity index is 922. The Morgan fingerprint density at radius 3 is 2.66 bits per heavy atom. The molecule has 1 aromatic heterocycles. The normalized spacial score (nSPS) is 21.3. The van der Waals surface area contributed by atoms with Crippen LogP contribution in [0.4, 0.5) is 0 Å². The Balaban J connectivity index is 1.70. The standard InChI is InChI=1S/C22H28N4O3/c1-14(2)20-19-15(3)23-26(16-8-6-5-7-9-16)21(19)22(28)25(20)17-10-11-24(12-17)18(27)13-29-4/h5-9,14,17,20H,10-13H2,1-4H3. The summed E-state index contributed by atoms with van der Waals surface area (Å²) in [5.41, 5.74) is 3.46. The minimum atomic E-state index is -0.0301. The molecule has 7 nitrogen and oxygen atoms in total. The van der Waals surface area contributed by atoms with Crippen molar-refractivity contribution >= 4 is 11.8 Å². The number of aryl methyl sites for hydroxylation is 1. The van der Waals surface area contributed by atoms with Crippen LogP contribution >= 0.6 is 0 Å². The third kappa shape index (κ3) is 3.23. The van der Waals surface area contributed by atoms with E-state index in [0.717, 1.165) is 23.4 Å². The fourth-order valence-electron chi connectivity index (χ4n) is 4.70. The predicted molar refractivity (Wildman–Crippen MR) is 109 cm³/mol. The molecule has 7 heteroatoms. The van der Waals surface area contributed by atoms with Crippen molar-refractivity contribution in [3.8, 4) is 5.69 Å². The summed E-state index contributed by atoms with van der Waals surface area (Å²) >= 11 is 0. The number of aromatic nitrogens is 2. The third-order valence-electron chi connectivity index (χ3n) is 5.95. The van der Waals surface area contributed by atoms with Crippen molar-refractivity contribution in [2.45, 2.75) is 39.3 Å². The Kier molecular flexibility index (Phi) is 5.17. The van der Waals surface area contributed by atoms with Gasteiger partial charge in [-0.05, 0) is 31.4 Å². The summed E-state index contributed by atoms with van der Waals surface area (Å²) in [5, 5.41) is 4.70. The summed E-state index contributed by atoms with van der Waals surface area (Å²) in [7, 11) is 1.53. The molecule has 0 spiro atoms. The van der Waals surface area contributed by atoms with Crippen LogP contribution in [-0.4, -0.2) is 64.2 Å². The van der Waals surface area contributed by atoms with Gasteiger partial charge in [-0.25, -0.2) is 4.68 Å². The molecular weight excluding hydrogens is 368 g/mol. The molecule has 3 heterocycles. The number of benzene rings is 1. The molecule has 0 N–H and O–H groups in total. The van der Waals surface area contributed by atoms with Crippen molar-refractivity contribution in [3.05, 3.63) is 47.3 Å². The molecule has 1 saturated heterocycles. The zero-order valence-corrected chi connectivity index (χ0v) is 17.5. The minimum absolute atomic E-state index is 0.00623. The quantitative estimate of drug-likeness (QED) is 0.779. The molecule has 1 aromatic carbocycles. The van der Waals surface area contributed by atoms with Gasteiger partial charge in [-0.3, -0.25) is 9.59 Å². The number of carbonyl (C=O) groups is 2. The topological polar surface area (TPSA) is 67.7 Å². The summed E-state index contributed by atoms with van der Waals surface area (Å²) in [4.78, 5) is 29.7. The molecular formula is C22H28N4O3. The van der Waals surface area contributed by atoms with Gasteiger partial charge >= 0.3 is 0 Å². The monoisotopic (exact) mass is 396 g/mol. The molecule has 0 radical (unpaired) electrons. The highest BCUT2D eigenvalue weighted by molar-refractivity contribution is 5.99. The fourth-order valence-corrected chi connectivity index (χ4v) is 4.70. The van der Waals surface area contributed by atoms with Gasteiger partial charge in [0, 0.05) is 25.8 Å². The first kappa shape index (κ1) is 19.6. The summed E-state index contributed by atoms with van der Waals surface area (Å²) in [6.45, 7) is 7.55. The van der Waals surface area contributed by atoms with E-state index < -0.39 is 0 Å². The molecule has 2 atom stereocenters. The van der Waals surface area contributed by atoms with E-state index in [4.69, 9.17) is 9.84 Å². The van der Waals surface area contributed by atoms with Crippen LogP contribution in [0.15, 0.2) is 30.3 Å². The van der Waals surface area contributed by atoms with Gasteiger partial charge in [0.15, 0.2) is 0 Å². The van der Waals surface area contributed by atoms with Gasteiger partial charge in [0.1, 0.15) is 12.3 Å². The first-order chi connectivity index (χ1) is 13.9. The van der Waals surface area contributed by atoms with Gasteiger partial charge in [0.2, 0.25) is 5.91 Å². The number of ether oxygens (including phenoxy) is 1. The molecule has 0 bridgehead atoms. The van der Waals surface area contributed by atoms with E-state index in [9.17, 15) is 9.59 Å². The lowest BCUT2D eigenvalue weighted by atomic mass is 9.95. The second-order valence-electron chi connectivity index (χ2n) is 8.21. The van der Waals surface area contributed by atoms with Gasteiger partial charge in [-0.2, -0.15) is 5.10 Å². The number of nitrogens with zero attached hydrogens (tertiary/aromatic N) is 4. The number of rotatable bonds is 5.